The van der Waals surface area contributed by atoms with Crippen LogP contribution in [0.25, 0.3) is 0 Å². The van der Waals surface area contributed by atoms with Crippen LogP contribution in [0.5, 0.6) is 0 Å². The highest BCUT2D eigenvalue weighted by atomic mass is 16.3. The van der Waals surface area contributed by atoms with Crippen molar-refractivity contribution in [1.82, 2.24) is 0 Å². The predicted molar refractivity (Wildman–Crippen MR) is 72.5 cm³/mol. The largest absolute Gasteiger partial charge is 0.392 e. The Morgan fingerprint density at radius 3 is 2.19 bits per heavy atom. The van der Waals surface area contributed by atoms with Gasteiger partial charge in [-0.3, -0.25) is 0 Å². The molecular formula is C15H30O. The molecule has 0 saturated heterocycles. The van der Waals surface area contributed by atoms with Gasteiger partial charge in [0.15, 0.2) is 0 Å². The van der Waals surface area contributed by atoms with Crippen molar-refractivity contribution in [2.75, 3.05) is 0 Å². The molecule has 0 aliphatic carbocycles. The van der Waals surface area contributed by atoms with E-state index in [9.17, 15) is 5.11 Å². The molecule has 0 heterocycles. The molecule has 0 aromatic rings. The van der Waals surface area contributed by atoms with Gasteiger partial charge in [-0.25, -0.2) is 0 Å². The van der Waals surface area contributed by atoms with Crippen molar-refractivity contribution in [3.05, 3.63) is 12.7 Å². The summed E-state index contributed by atoms with van der Waals surface area (Å²) in [5, 5.41) is 10.1. The van der Waals surface area contributed by atoms with Crippen LogP contribution >= 0.6 is 0 Å². The molecule has 0 amide bonds. The lowest BCUT2D eigenvalue weighted by Crippen LogP contribution is -2.28. The predicted octanol–water partition coefficient (Wildman–Crippen LogP) is 4.41. The second-order valence-electron chi connectivity index (χ2n) is 6.21. The first kappa shape index (κ1) is 15.7. The molecule has 0 aromatic carbocycles. The summed E-state index contributed by atoms with van der Waals surface area (Å²) in [7, 11) is 0. The second-order valence-corrected chi connectivity index (χ2v) is 6.21. The molecule has 96 valence electrons. The average Bonchev–Trinajstić information content (AvgIpc) is 2.16. The van der Waals surface area contributed by atoms with Gasteiger partial charge >= 0.3 is 0 Å². The Balaban J connectivity index is 3.86. The van der Waals surface area contributed by atoms with Crippen molar-refractivity contribution in [2.45, 2.75) is 66.4 Å². The van der Waals surface area contributed by atoms with Gasteiger partial charge in [0.25, 0.3) is 0 Å². The second kappa shape index (κ2) is 7.11. The lowest BCUT2D eigenvalue weighted by molar-refractivity contribution is 0.0589. The van der Waals surface area contributed by atoms with Gasteiger partial charge in [0.2, 0.25) is 0 Å². The van der Waals surface area contributed by atoms with Crippen molar-refractivity contribution >= 4 is 0 Å². The highest BCUT2D eigenvalue weighted by Gasteiger charge is 2.25. The Kier molecular flexibility index (Phi) is 6.98. The molecule has 0 aromatic heterocycles. The zero-order chi connectivity index (χ0) is 12.8. The van der Waals surface area contributed by atoms with Crippen LogP contribution in [-0.4, -0.2) is 11.2 Å². The summed E-state index contributed by atoms with van der Waals surface area (Å²) in [5.74, 6) is 1.40. The molecule has 1 heteroatoms. The number of hydrogen-bond donors (Lipinski definition) is 1. The zero-order valence-electron chi connectivity index (χ0n) is 11.8. The van der Waals surface area contributed by atoms with Crippen molar-refractivity contribution in [3.63, 3.8) is 0 Å². The highest BCUT2D eigenvalue weighted by molar-refractivity contribution is 4.93. The summed E-state index contributed by atoms with van der Waals surface area (Å²) < 4.78 is 0. The minimum atomic E-state index is -0.265. The van der Waals surface area contributed by atoms with Crippen LogP contribution in [0.1, 0.15) is 60.3 Å². The van der Waals surface area contributed by atoms with Gasteiger partial charge in [-0.1, -0.05) is 60.0 Å². The molecule has 0 saturated carbocycles. The maximum atomic E-state index is 10.1. The molecule has 1 nitrogen and oxygen atoms in total. The molecule has 0 aliphatic rings. The van der Waals surface area contributed by atoms with E-state index in [1.165, 1.54) is 19.3 Å². The van der Waals surface area contributed by atoms with Crippen molar-refractivity contribution < 1.29 is 5.11 Å². The van der Waals surface area contributed by atoms with Gasteiger partial charge in [-0.2, -0.15) is 0 Å². The molecule has 2 atom stereocenters. The molecule has 1 N–H and O–H groups in total. The van der Waals surface area contributed by atoms with Crippen molar-refractivity contribution in [2.24, 2.45) is 17.3 Å². The Morgan fingerprint density at radius 1 is 1.19 bits per heavy atom. The Bertz CT molecular complexity index is 194. The zero-order valence-corrected chi connectivity index (χ0v) is 11.8. The molecule has 0 radical (unpaired) electrons. The first-order valence-corrected chi connectivity index (χ1v) is 6.61. The first-order valence-electron chi connectivity index (χ1n) is 6.61. The van der Waals surface area contributed by atoms with Gasteiger partial charge in [0.1, 0.15) is 0 Å². The van der Waals surface area contributed by atoms with Crippen LogP contribution in [0, 0.1) is 17.3 Å². The minimum Gasteiger partial charge on any atom is -0.392 e. The summed E-state index contributed by atoms with van der Waals surface area (Å²) >= 11 is 0. The van der Waals surface area contributed by atoms with E-state index in [2.05, 4.69) is 27.4 Å². The van der Waals surface area contributed by atoms with E-state index < -0.39 is 0 Å². The lowest BCUT2D eigenvalue weighted by Gasteiger charge is -2.29. The van der Waals surface area contributed by atoms with Gasteiger partial charge in [-0.15, -0.1) is 6.58 Å². The van der Waals surface area contributed by atoms with E-state index >= 15 is 0 Å². The fourth-order valence-corrected chi connectivity index (χ4v) is 1.81. The summed E-state index contributed by atoms with van der Waals surface area (Å²) in [6.45, 7) is 14.6. The maximum absolute atomic E-state index is 10.1. The van der Waals surface area contributed by atoms with Crippen molar-refractivity contribution in [3.8, 4) is 0 Å². The topological polar surface area (TPSA) is 20.2 Å². The molecule has 0 aliphatic heterocycles. The minimum absolute atomic E-state index is 0.160. The third-order valence-corrected chi connectivity index (χ3v) is 3.49. The first-order chi connectivity index (χ1) is 7.29. The van der Waals surface area contributed by atoms with E-state index in [0.717, 1.165) is 12.3 Å². The number of aliphatic hydroxyl groups is 1. The normalized spacial score (nSPS) is 16.2. The van der Waals surface area contributed by atoms with E-state index in [0.29, 0.717) is 5.92 Å². The molecule has 0 bridgehead atoms. The van der Waals surface area contributed by atoms with Gasteiger partial charge in [0.05, 0.1) is 6.10 Å². The fraction of sp³-hybridized carbons (Fsp3) is 0.867. The van der Waals surface area contributed by atoms with Crippen molar-refractivity contribution in [1.29, 1.82) is 0 Å². The summed E-state index contributed by atoms with van der Waals surface area (Å²) in [6.07, 6.45) is 6.28. The van der Waals surface area contributed by atoms with Crippen LogP contribution < -0.4 is 0 Å². The third-order valence-electron chi connectivity index (χ3n) is 3.49. The van der Waals surface area contributed by atoms with Gasteiger partial charge in [-0.05, 0) is 18.3 Å². The molecule has 0 unspecified atom stereocenters. The molecule has 16 heavy (non-hydrogen) atoms. The molecule has 0 spiro atoms. The van der Waals surface area contributed by atoms with Crippen LogP contribution in [0.4, 0.5) is 0 Å². The van der Waals surface area contributed by atoms with Crippen LogP contribution in [0.2, 0.25) is 0 Å². The van der Waals surface area contributed by atoms with E-state index in [1.807, 2.05) is 19.9 Å². The number of rotatable bonds is 8. The van der Waals surface area contributed by atoms with Gasteiger partial charge in [0, 0.05) is 5.41 Å². The Labute approximate surface area is 102 Å². The van der Waals surface area contributed by atoms with E-state index in [4.69, 9.17) is 0 Å². The number of hydrogen-bond acceptors (Lipinski definition) is 1. The monoisotopic (exact) mass is 226 g/mol. The standard InChI is InChI=1S/C15H30O/c1-7-15(5,6)14(16)11-13(4)10-8-9-12(2)3/h7,12-14,16H,1,8-11H2,2-6H3/t13-,14-/m1/s1. The van der Waals surface area contributed by atoms with Crippen LogP contribution in [0.3, 0.4) is 0 Å². The smallest absolute Gasteiger partial charge is 0.0627 e. The fourth-order valence-electron chi connectivity index (χ4n) is 1.81. The van der Waals surface area contributed by atoms with Crippen LogP contribution in [-0.2, 0) is 0 Å². The van der Waals surface area contributed by atoms with Crippen LogP contribution in [0.15, 0.2) is 12.7 Å². The van der Waals surface area contributed by atoms with Gasteiger partial charge < -0.3 is 5.11 Å². The SMILES string of the molecule is C=CC(C)(C)[C@H](O)C[C@H](C)CCCC(C)C. The quantitative estimate of drug-likeness (QED) is 0.608. The maximum Gasteiger partial charge on any atom is 0.0627 e. The Hall–Kier alpha value is -0.300. The third kappa shape index (κ3) is 6.32. The summed E-state index contributed by atoms with van der Waals surface area (Å²) in [5.41, 5.74) is -0.160. The molecule has 0 fully saturated rings. The highest BCUT2D eigenvalue weighted by Crippen LogP contribution is 2.28. The lowest BCUT2D eigenvalue weighted by atomic mass is 9.81. The number of aliphatic hydroxyl groups excluding tert-OH is 1. The summed E-state index contributed by atoms with van der Waals surface area (Å²) in [6, 6.07) is 0. The Morgan fingerprint density at radius 2 is 1.75 bits per heavy atom. The molecular weight excluding hydrogens is 196 g/mol. The average molecular weight is 226 g/mol. The molecule has 0 rings (SSSR count). The van der Waals surface area contributed by atoms with E-state index in [-0.39, 0.29) is 11.5 Å². The summed E-state index contributed by atoms with van der Waals surface area (Å²) in [4.78, 5) is 0. The van der Waals surface area contributed by atoms with E-state index in [1.54, 1.807) is 0 Å².